The number of anilines is 1. The van der Waals surface area contributed by atoms with Crippen LogP contribution in [-0.2, 0) is 9.53 Å². The van der Waals surface area contributed by atoms with Gasteiger partial charge in [-0.05, 0) is 62.6 Å². The highest BCUT2D eigenvalue weighted by Crippen LogP contribution is 2.33. The summed E-state index contributed by atoms with van der Waals surface area (Å²) in [6, 6.07) is 5.61. The van der Waals surface area contributed by atoms with Crippen LogP contribution < -0.4 is 10.1 Å². The number of hydrogen-bond acceptors (Lipinski definition) is 5. The fraction of sp³-hybridized carbons (Fsp3) is 0.680. The molecule has 2 aliphatic carbocycles. The van der Waals surface area contributed by atoms with Crippen molar-refractivity contribution in [2.75, 3.05) is 45.7 Å². The summed E-state index contributed by atoms with van der Waals surface area (Å²) in [4.78, 5) is 29.8. The van der Waals surface area contributed by atoms with Crippen molar-refractivity contribution in [3.8, 4) is 5.75 Å². The molecule has 1 aromatic carbocycles. The summed E-state index contributed by atoms with van der Waals surface area (Å²) in [6.45, 7) is 7.40. The van der Waals surface area contributed by atoms with E-state index in [2.05, 4.69) is 24.1 Å². The van der Waals surface area contributed by atoms with E-state index in [1.165, 1.54) is 12.8 Å². The minimum absolute atomic E-state index is 0.0254. The number of carbonyl (C=O) groups excluding carboxylic acids is 2. The summed E-state index contributed by atoms with van der Waals surface area (Å²) in [7, 11) is 3.53. The largest absolute Gasteiger partial charge is 0.491 e. The van der Waals surface area contributed by atoms with Crippen molar-refractivity contribution in [1.29, 1.82) is 0 Å². The Balaban J connectivity index is 1.60. The number of benzene rings is 1. The maximum absolute atomic E-state index is 13.4. The van der Waals surface area contributed by atoms with E-state index < -0.39 is 0 Å². The molecule has 0 radical (unpaired) electrons. The van der Waals surface area contributed by atoms with Gasteiger partial charge in [0.1, 0.15) is 12.4 Å². The lowest BCUT2D eigenvalue weighted by atomic mass is 10.0. The smallest absolute Gasteiger partial charge is 0.257 e. The first kappa shape index (κ1) is 23.1. The number of nitrogens with zero attached hydrogens (tertiary/aromatic N) is 2. The highest BCUT2D eigenvalue weighted by Gasteiger charge is 2.32. The zero-order chi connectivity index (χ0) is 22.8. The fourth-order valence-electron chi connectivity index (χ4n) is 4.41. The minimum Gasteiger partial charge on any atom is -0.491 e. The lowest BCUT2D eigenvalue weighted by Gasteiger charge is -2.36. The van der Waals surface area contributed by atoms with Gasteiger partial charge in [0, 0.05) is 51.4 Å². The molecule has 0 unspecified atom stereocenters. The van der Waals surface area contributed by atoms with Gasteiger partial charge in [-0.15, -0.1) is 0 Å². The quantitative estimate of drug-likeness (QED) is 0.756. The first-order valence-corrected chi connectivity index (χ1v) is 12.0. The number of ether oxygens (including phenoxy) is 2. The zero-order valence-corrected chi connectivity index (χ0v) is 19.8. The van der Waals surface area contributed by atoms with Gasteiger partial charge in [-0.3, -0.25) is 14.5 Å². The molecule has 1 N–H and O–H groups in total. The lowest BCUT2D eigenvalue weighted by molar-refractivity contribution is -0.117. The van der Waals surface area contributed by atoms with Crippen molar-refractivity contribution in [3.05, 3.63) is 23.8 Å². The Hall–Kier alpha value is -2.12. The molecule has 3 aliphatic rings. The Morgan fingerprint density at radius 2 is 1.94 bits per heavy atom. The molecule has 0 aromatic heterocycles. The van der Waals surface area contributed by atoms with Crippen LogP contribution in [-0.4, -0.2) is 74.2 Å². The number of fused-ring (bicyclic) bond motifs is 1. The van der Waals surface area contributed by atoms with E-state index in [-0.39, 0.29) is 35.8 Å². The van der Waals surface area contributed by atoms with Gasteiger partial charge in [-0.2, -0.15) is 0 Å². The van der Waals surface area contributed by atoms with Gasteiger partial charge < -0.3 is 19.7 Å². The van der Waals surface area contributed by atoms with Crippen LogP contribution in [0.5, 0.6) is 5.75 Å². The third-order valence-electron chi connectivity index (χ3n) is 6.98. The Morgan fingerprint density at radius 1 is 1.19 bits per heavy atom. The maximum atomic E-state index is 13.4. The molecule has 0 bridgehead atoms. The molecule has 0 saturated heterocycles. The topological polar surface area (TPSA) is 71.1 Å². The Bertz CT molecular complexity index is 836. The molecule has 0 spiro atoms. The van der Waals surface area contributed by atoms with Crippen LogP contribution in [0.15, 0.2) is 18.2 Å². The van der Waals surface area contributed by atoms with E-state index >= 15 is 0 Å². The molecule has 1 aliphatic heterocycles. The monoisotopic (exact) mass is 443 g/mol. The van der Waals surface area contributed by atoms with Crippen molar-refractivity contribution in [1.82, 2.24) is 9.80 Å². The van der Waals surface area contributed by atoms with Crippen LogP contribution in [0.3, 0.4) is 0 Å². The van der Waals surface area contributed by atoms with Gasteiger partial charge >= 0.3 is 0 Å². The molecule has 2 amide bonds. The molecule has 4 rings (SSSR count). The van der Waals surface area contributed by atoms with Crippen LogP contribution in [0.1, 0.15) is 49.9 Å². The van der Waals surface area contributed by atoms with Gasteiger partial charge in [0.25, 0.3) is 5.91 Å². The molecule has 1 aromatic rings. The summed E-state index contributed by atoms with van der Waals surface area (Å²) in [5.74, 6) is 1.63. The van der Waals surface area contributed by atoms with Gasteiger partial charge in [-0.1, -0.05) is 6.92 Å². The van der Waals surface area contributed by atoms with Crippen molar-refractivity contribution in [2.45, 2.75) is 51.7 Å². The number of rotatable bonds is 5. The van der Waals surface area contributed by atoms with Crippen molar-refractivity contribution in [3.63, 3.8) is 0 Å². The van der Waals surface area contributed by atoms with Gasteiger partial charge in [0.2, 0.25) is 5.91 Å². The van der Waals surface area contributed by atoms with Crippen LogP contribution in [0.4, 0.5) is 5.69 Å². The number of carbonyl (C=O) groups is 2. The van der Waals surface area contributed by atoms with Gasteiger partial charge in [0.05, 0.1) is 11.7 Å². The van der Waals surface area contributed by atoms with Crippen molar-refractivity contribution >= 4 is 17.5 Å². The molecular formula is C25H37N3O4. The second kappa shape index (κ2) is 9.79. The third kappa shape index (κ3) is 5.62. The van der Waals surface area contributed by atoms with E-state index in [9.17, 15) is 9.59 Å². The minimum atomic E-state index is -0.125. The van der Waals surface area contributed by atoms with Gasteiger partial charge in [0.15, 0.2) is 0 Å². The van der Waals surface area contributed by atoms with Crippen LogP contribution in [0, 0.1) is 17.8 Å². The third-order valence-corrected chi connectivity index (χ3v) is 6.98. The molecule has 7 nitrogen and oxygen atoms in total. The SMILES string of the molecule is CO[C@H]1CN(C)C(=O)c2cc(NC(=O)C3CC3)ccc2OC[C@@H](C)N(CC2CC2)C[C@H]1C. The first-order valence-electron chi connectivity index (χ1n) is 12.0. The predicted molar refractivity (Wildman–Crippen MR) is 124 cm³/mol. The average Bonchev–Trinajstić information content (AvgIpc) is 3.68. The molecule has 32 heavy (non-hydrogen) atoms. The molecule has 2 saturated carbocycles. The van der Waals surface area contributed by atoms with E-state index in [0.29, 0.717) is 30.2 Å². The number of likely N-dealkylation sites (N-methyl/N-ethyl adjacent to an activating group) is 1. The maximum Gasteiger partial charge on any atom is 0.257 e. The molecule has 176 valence electrons. The Labute approximate surface area is 191 Å². The number of methoxy groups -OCH3 is 1. The fourth-order valence-corrected chi connectivity index (χ4v) is 4.41. The van der Waals surface area contributed by atoms with Crippen LogP contribution in [0.25, 0.3) is 0 Å². The number of amides is 2. The number of hydrogen-bond donors (Lipinski definition) is 1. The molecule has 2 fully saturated rings. The molecular weight excluding hydrogens is 406 g/mol. The predicted octanol–water partition coefficient (Wildman–Crippen LogP) is 3.25. The van der Waals surface area contributed by atoms with E-state index in [1.807, 2.05) is 12.1 Å². The summed E-state index contributed by atoms with van der Waals surface area (Å²) >= 11 is 0. The summed E-state index contributed by atoms with van der Waals surface area (Å²) in [5.41, 5.74) is 1.11. The van der Waals surface area contributed by atoms with E-state index in [4.69, 9.17) is 9.47 Å². The molecule has 3 atom stereocenters. The molecule has 7 heteroatoms. The Kier molecular flexibility index (Phi) is 7.05. The normalized spacial score (nSPS) is 27.7. The molecule has 1 heterocycles. The number of nitrogens with one attached hydrogen (secondary N) is 1. The summed E-state index contributed by atoms with van der Waals surface area (Å²) < 4.78 is 12.0. The highest BCUT2D eigenvalue weighted by molar-refractivity contribution is 6.00. The summed E-state index contributed by atoms with van der Waals surface area (Å²) in [5, 5.41) is 2.95. The zero-order valence-electron chi connectivity index (χ0n) is 19.8. The second-order valence-electron chi connectivity index (χ2n) is 9.97. The van der Waals surface area contributed by atoms with Crippen molar-refractivity contribution < 1.29 is 19.1 Å². The van der Waals surface area contributed by atoms with E-state index in [1.54, 1.807) is 25.1 Å². The van der Waals surface area contributed by atoms with Crippen molar-refractivity contribution in [2.24, 2.45) is 17.8 Å². The van der Waals surface area contributed by atoms with Crippen LogP contribution >= 0.6 is 0 Å². The van der Waals surface area contributed by atoms with Gasteiger partial charge in [-0.25, -0.2) is 0 Å². The second-order valence-corrected chi connectivity index (χ2v) is 9.97. The highest BCUT2D eigenvalue weighted by atomic mass is 16.5. The van der Waals surface area contributed by atoms with E-state index in [0.717, 1.165) is 31.8 Å². The average molecular weight is 444 g/mol. The standard InChI is InChI=1S/C25H37N3O4/c1-16-12-28(13-18-5-6-18)17(2)15-32-22-10-9-20(26-24(29)19-7-8-19)11-21(22)25(30)27(3)14-23(16)31-4/h9-11,16-19,23H,5-8,12-15H2,1-4H3,(H,26,29)/t16-,17-,23+/m1/s1. The first-order chi connectivity index (χ1) is 15.4. The van der Waals surface area contributed by atoms with Crippen LogP contribution in [0.2, 0.25) is 0 Å². The lowest BCUT2D eigenvalue weighted by Crippen LogP contribution is -2.47. The Morgan fingerprint density at radius 3 is 2.59 bits per heavy atom. The summed E-state index contributed by atoms with van der Waals surface area (Å²) in [6.07, 6.45) is 4.43.